The van der Waals surface area contributed by atoms with Crippen molar-refractivity contribution < 1.29 is 13.5 Å². The summed E-state index contributed by atoms with van der Waals surface area (Å²) in [6.07, 6.45) is 0. The predicted molar refractivity (Wildman–Crippen MR) is 145 cm³/mol. The highest BCUT2D eigenvalue weighted by molar-refractivity contribution is 8.01. The molecule has 0 aliphatic rings. The normalized spacial score (nSPS) is 12.3. The molecule has 4 aromatic carbocycles. The summed E-state index contributed by atoms with van der Waals surface area (Å²) in [5.41, 5.74) is 2.28. The average Bonchev–Trinajstić information content (AvgIpc) is 3.24. The molecule has 1 aromatic heterocycles. The number of aromatic nitrogens is 1. The lowest BCUT2D eigenvalue weighted by Gasteiger charge is -2.19. The Hall–Kier alpha value is -3.07. The van der Waals surface area contributed by atoms with Gasteiger partial charge >= 0.3 is 0 Å². The Labute approximate surface area is 212 Å². The van der Waals surface area contributed by atoms with Crippen LogP contribution in [0.4, 0.5) is 5.69 Å². The van der Waals surface area contributed by atoms with E-state index in [4.69, 9.17) is 0 Å². The summed E-state index contributed by atoms with van der Waals surface area (Å²) in [5, 5.41) is 12.2. The summed E-state index contributed by atoms with van der Waals surface area (Å²) in [5.74, 6) is 0.0994. The number of sulfonamides is 1. The Morgan fingerprint density at radius 1 is 0.914 bits per heavy atom. The molecule has 0 radical (unpaired) electrons. The maximum absolute atomic E-state index is 13.3. The van der Waals surface area contributed by atoms with Gasteiger partial charge in [-0.2, -0.15) is 0 Å². The van der Waals surface area contributed by atoms with E-state index in [1.54, 1.807) is 30.3 Å². The van der Waals surface area contributed by atoms with Crippen molar-refractivity contribution in [3.8, 4) is 5.75 Å². The van der Waals surface area contributed by atoms with E-state index in [1.165, 1.54) is 23.1 Å². The largest absolute Gasteiger partial charge is 0.506 e. The van der Waals surface area contributed by atoms with Crippen molar-refractivity contribution in [2.24, 2.45) is 0 Å². The Morgan fingerprint density at radius 2 is 1.57 bits per heavy atom. The van der Waals surface area contributed by atoms with Crippen LogP contribution in [0.5, 0.6) is 5.75 Å². The molecule has 35 heavy (non-hydrogen) atoms. The van der Waals surface area contributed by atoms with Crippen molar-refractivity contribution in [3.63, 3.8) is 0 Å². The predicted octanol–water partition coefficient (Wildman–Crippen LogP) is 7.40. The first-order chi connectivity index (χ1) is 16.6. The van der Waals surface area contributed by atoms with Gasteiger partial charge in [0.05, 0.1) is 25.7 Å². The summed E-state index contributed by atoms with van der Waals surface area (Å²) >= 11 is 2.85. The van der Waals surface area contributed by atoms with Gasteiger partial charge in [-0.25, -0.2) is 13.4 Å². The Balaban J connectivity index is 1.54. The third kappa shape index (κ3) is 4.74. The van der Waals surface area contributed by atoms with Gasteiger partial charge in [0.1, 0.15) is 5.75 Å². The molecule has 0 aliphatic carbocycles. The van der Waals surface area contributed by atoms with Crippen molar-refractivity contribution in [3.05, 3.63) is 84.4 Å². The molecule has 5 aromatic rings. The van der Waals surface area contributed by atoms with Gasteiger partial charge in [-0.1, -0.05) is 81.1 Å². The van der Waals surface area contributed by atoms with E-state index >= 15 is 0 Å². The van der Waals surface area contributed by atoms with Gasteiger partial charge in [0, 0.05) is 10.8 Å². The summed E-state index contributed by atoms with van der Waals surface area (Å²) in [7, 11) is -3.84. The molecular formula is C27H24N2O3S3. The summed E-state index contributed by atoms with van der Waals surface area (Å²) in [6.45, 7) is 6.26. The average molecular weight is 521 g/mol. The molecule has 1 heterocycles. The van der Waals surface area contributed by atoms with Crippen molar-refractivity contribution in [1.29, 1.82) is 0 Å². The number of fused-ring (bicyclic) bond motifs is 2. The Bertz CT molecular complexity index is 1620. The van der Waals surface area contributed by atoms with Crippen LogP contribution in [0.3, 0.4) is 0 Å². The van der Waals surface area contributed by atoms with Gasteiger partial charge in [-0.3, -0.25) is 4.72 Å². The number of phenols is 1. The van der Waals surface area contributed by atoms with Crippen LogP contribution in [0.25, 0.3) is 21.0 Å². The van der Waals surface area contributed by atoms with Crippen molar-refractivity contribution in [2.75, 3.05) is 4.72 Å². The van der Waals surface area contributed by atoms with Crippen molar-refractivity contribution in [1.82, 2.24) is 4.98 Å². The van der Waals surface area contributed by atoms with Crippen molar-refractivity contribution in [2.45, 2.75) is 40.3 Å². The number of nitrogens with one attached hydrogen (secondary N) is 1. The first kappa shape index (κ1) is 23.7. The van der Waals surface area contributed by atoms with E-state index in [0.29, 0.717) is 21.4 Å². The molecule has 0 unspecified atom stereocenters. The number of para-hydroxylation sites is 1. The molecule has 5 nitrogen and oxygen atoms in total. The summed E-state index contributed by atoms with van der Waals surface area (Å²) < 4.78 is 31.1. The smallest absolute Gasteiger partial charge is 0.261 e. The number of aromatic hydroxyl groups is 1. The maximum atomic E-state index is 13.3. The second-order valence-electron chi connectivity index (χ2n) is 9.25. The van der Waals surface area contributed by atoms with Crippen LogP contribution in [-0.2, 0) is 15.4 Å². The Kier molecular flexibility index (Phi) is 5.99. The molecule has 2 N–H and O–H groups in total. The van der Waals surface area contributed by atoms with Crippen LogP contribution in [0.2, 0.25) is 0 Å². The van der Waals surface area contributed by atoms with Crippen LogP contribution in [-0.4, -0.2) is 18.5 Å². The maximum Gasteiger partial charge on any atom is 0.261 e. The third-order valence-corrected chi connectivity index (χ3v) is 9.24. The minimum Gasteiger partial charge on any atom is -0.506 e. The van der Waals surface area contributed by atoms with Crippen molar-refractivity contribution >= 4 is 59.8 Å². The van der Waals surface area contributed by atoms with E-state index in [0.717, 1.165) is 20.1 Å². The highest BCUT2D eigenvalue weighted by atomic mass is 32.2. The molecule has 0 aliphatic heterocycles. The summed E-state index contributed by atoms with van der Waals surface area (Å²) in [4.78, 5) is 5.36. The molecule has 0 fully saturated rings. The van der Waals surface area contributed by atoms with Gasteiger partial charge in [0.2, 0.25) is 0 Å². The molecule has 178 valence electrons. The van der Waals surface area contributed by atoms with E-state index in [1.807, 2.05) is 48.5 Å². The van der Waals surface area contributed by atoms with Gasteiger partial charge in [0.25, 0.3) is 10.0 Å². The van der Waals surface area contributed by atoms with Gasteiger partial charge < -0.3 is 5.11 Å². The molecule has 0 saturated heterocycles. The zero-order valence-electron chi connectivity index (χ0n) is 19.4. The number of hydrogen-bond donors (Lipinski definition) is 2. The fourth-order valence-corrected chi connectivity index (χ4v) is 7.01. The quantitative estimate of drug-likeness (QED) is 0.236. The molecule has 8 heteroatoms. The SMILES string of the molecule is CC(C)(C)c1ccc(S(=O)(=O)Nc2cc(Sc3nc4ccccc4s3)c(O)c3ccccc23)cc1. The van der Waals surface area contributed by atoms with Crippen LogP contribution < -0.4 is 4.72 Å². The van der Waals surface area contributed by atoms with Crippen LogP contribution >= 0.6 is 23.1 Å². The fraction of sp³-hybridized carbons (Fsp3) is 0.148. The number of nitrogens with zero attached hydrogens (tertiary/aromatic N) is 1. The van der Waals surface area contributed by atoms with Crippen LogP contribution in [0, 0.1) is 0 Å². The van der Waals surface area contributed by atoms with Gasteiger partial charge in [-0.05, 0) is 41.3 Å². The first-order valence-electron chi connectivity index (χ1n) is 11.0. The molecule has 0 atom stereocenters. The number of phenolic OH excluding ortho intramolecular Hbond substituents is 1. The van der Waals surface area contributed by atoms with E-state index < -0.39 is 10.0 Å². The topological polar surface area (TPSA) is 79.3 Å². The number of benzene rings is 4. The first-order valence-corrected chi connectivity index (χ1v) is 14.1. The second kappa shape index (κ2) is 8.86. The zero-order chi connectivity index (χ0) is 24.8. The monoisotopic (exact) mass is 520 g/mol. The standard InChI is InChI=1S/C27H24N2O3S3/c1-27(2,3)17-12-14-18(15-13-17)35(31,32)29-22-16-24(25(30)20-9-5-4-8-19(20)22)34-26-28-21-10-6-7-11-23(21)33-26/h4-16,29-30H,1-3H3. The number of hydrogen-bond acceptors (Lipinski definition) is 6. The molecule has 0 saturated carbocycles. The molecule has 0 bridgehead atoms. The Morgan fingerprint density at radius 3 is 2.26 bits per heavy atom. The lowest BCUT2D eigenvalue weighted by atomic mass is 9.87. The van der Waals surface area contributed by atoms with Gasteiger partial charge in [0.15, 0.2) is 4.34 Å². The molecular weight excluding hydrogens is 497 g/mol. The number of anilines is 1. The molecule has 0 amide bonds. The zero-order valence-corrected chi connectivity index (χ0v) is 21.9. The summed E-state index contributed by atoms with van der Waals surface area (Å²) in [6, 6.07) is 23.7. The molecule has 5 rings (SSSR count). The minimum absolute atomic E-state index is 0.0738. The number of thiazole rings is 1. The van der Waals surface area contributed by atoms with E-state index in [9.17, 15) is 13.5 Å². The highest BCUT2D eigenvalue weighted by Crippen LogP contribution is 2.44. The second-order valence-corrected chi connectivity index (χ2v) is 13.2. The van der Waals surface area contributed by atoms with E-state index in [2.05, 4.69) is 30.5 Å². The fourth-order valence-electron chi connectivity index (χ4n) is 3.82. The highest BCUT2D eigenvalue weighted by Gasteiger charge is 2.21. The van der Waals surface area contributed by atoms with Crippen LogP contribution in [0.15, 0.2) is 93.0 Å². The van der Waals surface area contributed by atoms with Crippen LogP contribution in [0.1, 0.15) is 26.3 Å². The lowest BCUT2D eigenvalue weighted by molar-refractivity contribution is 0.469. The third-order valence-electron chi connectivity index (χ3n) is 5.73. The van der Waals surface area contributed by atoms with Gasteiger partial charge in [-0.15, -0.1) is 11.3 Å². The minimum atomic E-state index is -3.84. The molecule has 0 spiro atoms. The number of rotatable bonds is 5. The lowest BCUT2D eigenvalue weighted by Crippen LogP contribution is -2.15. The van der Waals surface area contributed by atoms with E-state index in [-0.39, 0.29) is 16.1 Å².